The van der Waals surface area contributed by atoms with Gasteiger partial charge in [-0.05, 0) is 37.3 Å². The van der Waals surface area contributed by atoms with E-state index < -0.39 is 11.9 Å². The highest BCUT2D eigenvalue weighted by molar-refractivity contribution is 9.10. The normalized spacial score (nSPS) is 11.6. The molecule has 37 heavy (non-hydrogen) atoms. The van der Waals surface area contributed by atoms with E-state index in [2.05, 4.69) is 46.9 Å². The molecule has 0 aliphatic heterocycles. The maximum Gasteiger partial charge on any atom is 0.433 e. The van der Waals surface area contributed by atoms with Crippen LogP contribution in [0.3, 0.4) is 0 Å². The molecule has 2 aromatic heterocycles. The third-order valence-corrected chi connectivity index (χ3v) is 6.91. The average Bonchev–Trinajstić information content (AvgIpc) is 3.21. The zero-order valence-electron chi connectivity index (χ0n) is 19.1. The quantitative estimate of drug-likeness (QED) is 0.195. The molecule has 0 amide bonds. The average molecular weight is 649 g/mol. The van der Waals surface area contributed by atoms with Crippen molar-refractivity contribution in [2.45, 2.75) is 13.1 Å². The fourth-order valence-corrected chi connectivity index (χ4v) is 4.93. The van der Waals surface area contributed by atoms with Gasteiger partial charge in [0.2, 0.25) is 0 Å². The van der Waals surface area contributed by atoms with Gasteiger partial charge in [-0.2, -0.15) is 23.0 Å². The Morgan fingerprint density at radius 3 is 2.03 bits per heavy atom. The summed E-state index contributed by atoms with van der Waals surface area (Å²) in [6.45, 7) is 1.90. The van der Waals surface area contributed by atoms with Crippen molar-refractivity contribution in [1.29, 1.82) is 0 Å². The fraction of sp³-hybridized carbons (Fsp3) is 0.0741. The van der Waals surface area contributed by atoms with Crippen LogP contribution in [0, 0.1) is 6.92 Å². The predicted molar refractivity (Wildman–Crippen MR) is 146 cm³/mol. The molecule has 0 aliphatic rings. The van der Waals surface area contributed by atoms with Gasteiger partial charge >= 0.3 is 6.18 Å². The van der Waals surface area contributed by atoms with E-state index in [4.69, 9.17) is 11.6 Å². The predicted octanol–water partition coefficient (Wildman–Crippen LogP) is 9.17. The molecule has 0 saturated carbocycles. The minimum absolute atomic E-state index is 0.119. The number of benzene rings is 3. The minimum Gasteiger partial charge on any atom is -0.211 e. The van der Waals surface area contributed by atoms with Crippen molar-refractivity contribution >= 4 is 43.5 Å². The second kappa shape index (κ2) is 10.0. The van der Waals surface area contributed by atoms with Crippen LogP contribution >= 0.6 is 43.5 Å². The number of aromatic nitrogens is 4. The van der Waals surface area contributed by atoms with E-state index in [0.29, 0.717) is 28.1 Å². The molecular weight excluding hydrogens is 633 g/mol. The minimum atomic E-state index is -4.70. The summed E-state index contributed by atoms with van der Waals surface area (Å²) < 4.78 is 44.7. The van der Waals surface area contributed by atoms with Crippen LogP contribution in [0.2, 0.25) is 5.02 Å². The summed E-state index contributed by atoms with van der Waals surface area (Å²) in [5, 5.41) is 4.88. The van der Waals surface area contributed by atoms with Gasteiger partial charge < -0.3 is 0 Å². The van der Waals surface area contributed by atoms with Gasteiger partial charge in [0.05, 0.1) is 16.4 Å². The number of hydrogen-bond acceptors (Lipinski definition) is 3. The van der Waals surface area contributed by atoms with Crippen molar-refractivity contribution in [1.82, 2.24) is 19.7 Å². The van der Waals surface area contributed by atoms with E-state index >= 15 is 0 Å². The Morgan fingerprint density at radius 2 is 1.41 bits per heavy atom. The van der Waals surface area contributed by atoms with Gasteiger partial charge in [0.1, 0.15) is 5.69 Å². The first-order valence-electron chi connectivity index (χ1n) is 10.9. The third kappa shape index (κ3) is 5.35. The lowest BCUT2D eigenvalue weighted by atomic mass is 10.1. The van der Waals surface area contributed by atoms with Crippen LogP contribution in [0.25, 0.3) is 39.7 Å². The van der Waals surface area contributed by atoms with Gasteiger partial charge in [-0.3, -0.25) is 0 Å². The lowest BCUT2D eigenvalue weighted by molar-refractivity contribution is -0.141. The second-order valence-electron chi connectivity index (χ2n) is 8.25. The lowest BCUT2D eigenvalue weighted by Gasteiger charge is -2.13. The summed E-state index contributed by atoms with van der Waals surface area (Å²) in [7, 11) is 0. The number of rotatable bonds is 4. The lowest BCUT2D eigenvalue weighted by Crippen LogP contribution is -2.14. The summed E-state index contributed by atoms with van der Waals surface area (Å²) in [6, 6.07) is 22.6. The molecule has 186 valence electrons. The highest BCUT2D eigenvalue weighted by Crippen LogP contribution is 2.39. The standard InChI is InChI=1S/C27H16Br2ClF3N4/c1-15-8-10-16(11-9-15)21-14-22(27(31,32)33)35-26(34-21)37-25(18-5-3-7-20(29)13-18)23(30)24(36-37)17-4-2-6-19(28)12-17/h2-14H,1H3. The summed E-state index contributed by atoms with van der Waals surface area (Å²) in [5.74, 6) is -0.247. The van der Waals surface area contributed by atoms with Crippen molar-refractivity contribution in [3.8, 4) is 39.7 Å². The first kappa shape index (κ1) is 25.6. The molecular formula is C27H16Br2ClF3N4. The molecule has 4 nitrogen and oxygen atoms in total. The van der Waals surface area contributed by atoms with Crippen molar-refractivity contribution < 1.29 is 13.2 Å². The van der Waals surface area contributed by atoms with E-state index in [9.17, 15) is 13.2 Å². The second-order valence-corrected chi connectivity index (χ2v) is 10.5. The zero-order chi connectivity index (χ0) is 26.3. The summed E-state index contributed by atoms with van der Waals surface area (Å²) in [5.41, 5.74) is 2.60. The number of alkyl halides is 3. The Hall–Kier alpha value is -3.01. The van der Waals surface area contributed by atoms with Crippen LogP contribution in [0.15, 0.2) is 87.8 Å². The summed E-state index contributed by atoms with van der Waals surface area (Å²) >= 11 is 13.8. The fourth-order valence-electron chi connectivity index (χ4n) is 3.80. The van der Waals surface area contributed by atoms with Crippen LogP contribution in [-0.2, 0) is 6.18 Å². The van der Waals surface area contributed by atoms with Crippen molar-refractivity contribution in [2.75, 3.05) is 0 Å². The largest absolute Gasteiger partial charge is 0.433 e. The first-order chi connectivity index (χ1) is 17.6. The molecule has 5 aromatic rings. The maximum absolute atomic E-state index is 14.0. The van der Waals surface area contributed by atoms with Crippen LogP contribution in [0.1, 0.15) is 11.3 Å². The van der Waals surface area contributed by atoms with Crippen LogP contribution in [-0.4, -0.2) is 19.7 Å². The topological polar surface area (TPSA) is 43.6 Å². The Kier molecular flexibility index (Phi) is 6.95. The monoisotopic (exact) mass is 646 g/mol. The summed E-state index contributed by atoms with van der Waals surface area (Å²) in [6.07, 6.45) is -4.70. The van der Waals surface area contributed by atoms with Crippen molar-refractivity contribution in [2.24, 2.45) is 0 Å². The molecule has 0 N–H and O–H groups in total. The Balaban J connectivity index is 1.80. The molecule has 3 aromatic carbocycles. The first-order valence-corrected chi connectivity index (χ1v) is 12.9. The highest BCUT2D eigenvalue weighted by Gasteiger charge is 2.35. The van der Waals surface area contributed by atoms with Gasteiger partial charge in [-0.1, -0.05) is 97.6 Å². The number of aryl methyl sites for hydroxylation is 1. The van der Waals surface area contributed by atoms with Crippen molar-refractivity contribution in [3.63, 3.8) is 0 Å². The smallest absolute Gasteiger partial charge is 0.211 e. The molecule has 0 fully saturated rings. The molecule has 0 atom stereocenters. The van der Waals surface area contributed by atoms with Gasteiger partial charge in [0, 0.05) is 25.6 Å². The van der Waals surface area contributed by atoms with Crippen LogP contribution in [0.5, 0.6) is 0 Å². The molecule has 0 spiro atoms. The Morgan fingerprint density at radius 1 is 0.784 bits per heavy atom. The van der Waals surface area contributed by atoms with Crippen LogP contribution < -0.4 is 0 Å². The van der Waals surface area contributed by atoms with E-state index in [1.807, 2.05) is 49.4 Å². The Labute approximate surface area is 232 Å². The van der Waals surface area contributed by atoms with E-state index in [-0.39, 0.29) is 16.7 Å². The SMILES string of the molecule is Cc1ccc(-c2cc(C(F)(F)F)nc(-n3nc(-c4cccc(Br)c4)c(Cl)c3-c3cccc(Br)c3)n2)cc1. The van der Waals surface area contributed by atoms with Crippen LogP contribution in [0.4, 0.5) is 13.2 Å². The molecule has 0 unspecified atom stereocenters. The zero-order valence-corrected chi connectivity index (χ0v) is 23.0. The molecule has 0 radical (unpaired) electrons. The van der Waals surface area contributed by atoms with Gasteiger partial charge in [0.15, 0.2) is 5.69 Å². The van der Waals surface area contributed by atoms with Gasteiger partial charge in [-0.25, -0.2) is 9.97 Å². The number of hydrogen-bond donors (Lipinski definition) is 0. The third-order valence-electron chi connectivity index (χ3n) is 5.57. The molecule has 0 bridgehead atoms. The molecule has 10 heteroatoms. The molecule has 0 aliphatic carbocycles. The van der Waals surface area contributed by atoms with Gasteiger partial charge in [-0.15, -0.1) is 0 Å². The molecule has 5 rings (SSSR count). The highest BCUT2D eigenvalue weighted by atomic mass is 79.9. The summed E-state index contributed by atoms with van der Waals surface area (Å²) in [4.78, 5) is 8.38. The Bertz CT molecular complexity index is 1620. The van der Waals surface area contributed by atoms with Gasteiger partial charge in [0.25, 0.3) is 5.95 Å². The van der Waals surface area contributed by atoms with E-state index in [0.717, 1.165) is 20.6 Å². The van der Waals surface area contributed by atoms with Crippen molar-refractivity contribution in [3.05, 3.63) is 104 Å². The van der Waals surface area contributed by atoms with E-state index in [1.54, 1.807) is 30.3 Å². The molecule has 0 saturated heterocycles. The molecule has 2 heterocycles. The number of halogens is 6. The number of nitrogens with zero attached hydrogens (tertiary/aromatic N) is 4. The van der Waals surface area contributed by atoms with E-state index in [1.165, 1.54) is 4.68 Å². The maximum atomic E-state index is 14.0.